The van der Waals surface area contributed by atoms with Crippen LogP contribution < -0.4 is 4.74 Å². The number of benzene rings is 2. The summed E-state index contributed by atoms with van der Waals surface area (Å²) in [5.41, 5.74) is 2.57. The van der Waals surface area contributed by atoms with Gasteiger partial charge >= 0.3 is 0 Å². The van der Waals surface area contributed by atoms with E-state index in [1.54, 1.807) is 7.11 Å². The van der Waals surface area contributed by atoms with Crippen LogP contribution in [0.15, 0.2) is 54.6 Å². The lowest BCUT2D eigenvalue weighted by Gasteiger charge is -2.35. The number of piperazine rings is 1. The van der Waals surface area contributed by atoms with Crippen LogP contribution in [0.1, 0.15) is 15.9 Å². The summed E-state index contributed by atoms with van der Waals surface area (Å²) < 4.78 is 5.25. The van der Waals surface area contributed by atoms with Gasteiger partial charge < -0.3 is 9.64 Å². The van der Waals surface area contributed by atoms with E-state index >= 15 is 0 Å². The molecule has 2 heterocycles. The third kappa shape index (κ3) is 3.96. The molecule has 0 radical (unpaired) electrons. The van der Waals surface area contributed by atoms with Crippen molar-refractivity contribution in [2.45, 2.75) is 6.54 Å². The van der Waals surface area contributed by atoms with E-state index in [9.17, 15) is 4.79 Å². The molecule has 0 unspecified atom stereocenters. The van der Waals surface area contributed by atoms with E-state index in [0.29, 0.717) is 18.2 Å². The first kappa shape index (κ1) is 18.7. The zero-order valence-corrected chi connectivity index (χ0v) is 16.5. The molecule has 0 N–H and O–H groups in total. The lowest BCUT2D eigenvalue weighted by Crippen LogP contribution is -2.48. The molecule has 6 heteroatoms. The molecule has 1 aliphatic heterocycles. The van der Waals surface area contributed by atoms with Crippen molar-refractivity contribution >= 4 is 28.4 Å². The first-order chi connectivity index (χ1) is 13.6. The maximum absolute atomic E-state index is 12.6. The number of carbonyl (C=O) groups is 1. The molecule has 1 aromatic heterocycles. The van der Waals surface area contributed by atoms with Gasteiger partial charge in [0.1, 0.15) is 10.9 Å². The molecule has 0 atom stereocenters. The molecule has 144 valence electrons. The molecule has 0 spiro atoms. The van der Waals surface area contributed by atoms with Crippen molar-refractivity contribution in [1.82, 2.24) is 14.8 Å². The summed E-state index contributed by atoms with van der Waals surface area (Å²) >= 11 is 6.43. The number of aromatic nitrogens is 1. The fourth-order valence-corrected chi connectivity index (χ4v) is 3.72. The summed E-state index contributed by atoms with van der Waals surface area (Å²) in [5.74, 6) is 0.864. The quantitative estimate of drug-likeness (QED) is 0.629. The maximum atomic E-state index is 12.6. The highest BCUT2D eigenvalue weighted by atomic mass is 35.5. The molecule has 28 heavy (non-hydrogen) atoms. The Morgan fingerprint density at radius 3 is 2.54 bits per heavy atom. The largest absolute Gasteiger partial charge is 0.497 e. The Balaban J connectivity index is 1.42. The minimum absolute atomic E-state index is 0.0969. The van der Waals surface area contributed by atoms with E-state index < -0.39 is 0 Å². The van der Waals surface area contributed by atoms with Crippen LogP contribution in [0.2, 0.25) is 5.15 Å². The van der Waals surface area contributed by atoms with Gasteiger partial charge in [0.15, 0.2) is 0 Å². The summed E-state index contributed by atoms with van der Waals surface area (Å²) in [7, 11) is 1.64. The number of methoxy groups -OCH3 is 1. The summed E-state index contributed by atoms with van der Waals surface area (Å²) in [5, 5.41) is 1.56. The second-order valence-corrected chi connectivity index (χ2v) is 7.29. The number of nitrogens with zero attached hydrogens (tertiary/aromatic N) is 3. The van der Waals surface area contributed by atoms with Crippen molar-refractivity contribution in [1.29, 1.82) is 0 Å². The molecule has 5 nitrogen and oxygen atoms in total. The Hall–Kier alpha value is -2.63. The Labute approximate surface area is 169 Å². The van der Waals surface area contributed by atoms with Gasteiger partial charge in [0.25, 0.3) is 5.91 Å². The first-order valence-electron chi connectivity index (χ1n) is 9.34. The van der Waals surface area contributed by atoms with E-state index in [2.05, 4.69) is 16.0 Å². The lowest BCUT2D eigenvalue weighted by molar-refractivity contribution is 0.0628. The van der Waals surface area contributed by atoms with Crippen molar-refractivity contribution in [2.24, 2.45) is 0 Å². The van der Waals surface area contributed by atoms with Crippen LogP contribution in [-0.4, -0.2) is 54.0 Å². The highest BCUT2D eigenvalue weighted by Gasteiger charge is 2.22. The Morgan fingerprint density at radius 2 is 1.82 bits per heavy atom. The molecule has 0 saturated carbocycles. The number of halogens is 1. The zero-order valence-electron chi connectivity index (χ0n) is 15.8. The van der Waals surface area contributed by atoms with Crippen LogP contribution in [0, 0.1) is 0 Å². The molecule has 4 rings (SSSR count). The number of rotatable bonds is 4. The summed E-state index contributed by atoms with van der Waals surface area (Å²) in [6.45, 7) is 3.78. The fourth-order valence-electron chi connectivity index (χ4n) is 3.52. The predicted molar refractivity (Wildman–Crippen MR) is 111 cm³/mol. The van der Waals surface area contributed by atoms with Gasteiger partial charge in [-0.3, -0.25) is 9.69 Å². The molecule has 1 fully saturated rings. The Kier molecular flexibility index (Phi) is 5.46. The second-order valence-electron chi connectivity index (χ2n) is 6.93. The summed E-state index contributed by atoms with van der Waals surface area (Å²) in [6.07, 6.45) is 0. The fraction of sp³-hybridized carbons (Fsp3) is 0.273. The highest BCUT2D eigenvalue weighted by molar-refractivity contribution is 6.30. The predicted octanol–water partition coefficient (Wildman–Crippen LogP) is 3.85. The minimum atomic E-state index is 0.0969. The maximum Gasteiger partial charge on any atom is 0.253 e. The van der Waals surface area contributed by atoms with Gasteiger partial charge in [-0.15, -0.1) is 0 Å². The SMILES string of the molecule is COc1ccc2cc(CN3CCN(C(=O)c4ccccc4)CC3)c(Cl)nc2c1. The number of carbonyl (C=O) groups excluding carboxylic acids is 1. The van der Waals surface area contributed by atoms with Crippen molar-refractivity contribution in [3.05, 3.63) is 70.9 Å². The van der Waals surface area contributed by atoms with E-state index in [1.165, 1.54) is 0 Å². The van der Waals surface area contributed by atoms with Crippen LogP contribution in [0.3, 0.4) is 0 Å². The van der Waals surface area contributed by atoms with Gasteiger partial charge in [-0.2, -0.15) is 0 Å². The zero-order chi connectivity index (χ0) is 19.5. The van der Waals surface area contributed by atoms with Crippen LogP contribution in [-0.2, 0) is 6.54 Å². The van der Waals surface area contributed by atoms with E-state index in [-0.39, 0.29) is 5.91 Å². The van der Waals surface area contributed by atoms with Crippen molar-refractivity contribution < 1.29 is 9.53 Å². The third-order valence-electron chi connectivity index (χ3n) is 5.13. The number of fused-ring (bicyclic) bond motifs is 1. The molecule has 1 amide bonds. The molecule has 2 aromatic carbocycles. The molecule has 0 aliphatic carbocycles. The van der Waals surface area contributed by atoms with Crippen LogP contribution in [0.25, 0.3) is 10.9 Å². The monoisotopic (exact) mass is 395 g/mol. The first-order valence-corrected chi connectivity index (χ1v) is 9.72. The van der Waals surface area contributed by atoms with Crippen molar-refractivity contribution in [3.8, 4) is 5.75 Å². The molecule has 3 aromatic rings. The van der Waals surface area contributed by atoms with Gasteiger partial charge in [-0.1, -0.05) is 29.8 Å². The van der Waals surface area contributed by atoms with Crippen LogP contribution in [0.5, 0.6) is 5.75 Å². The van der Waals surface area contributed by atoms with Crippen molar-refractivity contribution in [3.63, 3.8) is 0 Å². The van der Waals surface area contributed by atoms with Gasteiger partial charge in [0.05, 0.1) is 12.6 Å². The van der Waals surface area contributed by atoms with Gasteiger partial charge in [-0.25, -0.2) is 4.98 Å². The molecule has 0 bridgehead atoms. The number of hydrogen-bond acceptors (Lipinski definition) is 4. The Bertz CT molecular complexity index is 986. The number of ether oxygens (including phenoxy) is 1. The third-order valence-corrected chi connectivity index (χ3v) is 5.45. The van der Waals surface area contributed by atoms with Crippen LogP contribution in [0.4, 0.5) is 0 Å². The van der Waals surface area contributed by atoms with Gasteiger partial charge in [-0.05, 0) is 30.3 Å². The molecule has 1 aliphatic rings. The average molecular weight is 396 g/mol. The second kappa shape index (κ2) is 8.17. The number of pyridine rings is 1. The normalized spacial score (nSPS) is 15.0. The topological polar surface area (TPSA) is 45.7 Å². The van der Waals surface area contributed by atoms with Crippen molar-refractivity contribution in [2.75, 3.05) is 33.3 Å². The highest BCUT2D eigenvalue weighted by Crippen LogP contribution is 2.25. The van der Waals surface area contributed by atoms with Crippen LogP contribution >= 0.6 is 11.6 Å². The van der Waals surface area contributed by atoms with E-state index in [1.807, 2.05) is 53.4 Å². The van der Waals surface area contributed by atoms with Gasteiger partial charge in [0.2, 0.25) is 0 Å². The number of hydrogen-bond donors (Lipinski definition) is 0. The van der Waals surface area contributed by atoms with Gasteiger partial charge in [0, 0.05) is 55.3 Å². The Morgan fingerprint density at radius 1 is 1.07 bits per heavy atom. The number of amides is 1. The smallest absolute Gasteiger partial charge is 0.253 e. The molecular formula is C22H22ClN3O2. The minimum Gasteiger partial charge on any atom is -0.497 e. The molecular weight excluding hydrogens is 374 g/mol. The van der Waals surface area contributed by atoms with E-state index in [0.717, 1.165) is 47.4 Å². The standard InChI is InChI=1S/C22H22ClN3O2/c1-28-19-8-7-17-13-18(21(23)24-20(17)14-19)15-25-9-11-26(12-10-25)22(27)16-5-3-2-4-6-16/h2-8,13-14H,9-12,15H2,1H3. The summed E-state index contributed by atoms with van der Waals surface area (Å²) in [6, 6.07) is 17.3. The average Bonchev–Trinajstić information content (AvgIpc) is 2.74. The van der Waals surface area contributed by atoms with E-state index in [4.69, 9.17) is 16.3 Å². The lowest BCUT2D eigenvalue weighted by atomic mass is 10.1. The molecule has 1 saturated heterocycles. The summed E-state index contributed by atoms with van der Waals surface area (Å²) in [4.78, 5) is 21.3.